The van der Waals surface area contributed by atoms with E-state index in [1.165, 1.54) is 18.4 Å². The van der Waals surface area contributed by atoms with Crippen LogP contribution in [0.25, 0.3) is 0 Å². The number of carbonyl (C=O) groups excluding carboxylic acids is 1. The number of phenols is 1. The van der Waals surface area contributed by atoms with E-state index in [-0.39, 0.29) is 12.2 Å². The smallest absolute Gasteiger partial charge is 0.229 e. The third-order valence-corrected chi connectivity index (χ3v) is 1.78. The monoisotopic (exact) mass is 209 g/mol. The molecule has 0 saturated carbocycles. The zero-order valence-corrected chi connectivity index (χ0v) is 7.71. The molecule has 1 atom stereocenters. The van der Waals surface area contributed by atoms with E-state index in [1.807, 2.05) is 5.43 Å². The summed E-state index contributed by atoms with van der Waals surface area (Å²) in [6.07, 6.45) is 1.69. The molecule has 1 rings (SSSR count). The van der Waals surface area contributed by atoms with Gasteiger partial charge in [-0.05, 0) is 17.7 Å². The van der Waals surface area contributed by atoms with Gasteiger partial charge in [-0.25, -0.2) is 10.1 Å². The number of rotatable bonds is 5. The van der Waals surface area contributed by atoms with E-state index in [1.54, 1.807) is 12.1 Å². The first-order valence-electron chi connectivity index (χ1n) is 4.18. The van der Waals surface area contributed by atoms with Gasteiger partial charge in [0, 0.05) is 6.42 Å². The van der Waals surface area contributed by atoms with Crippen LogP contribution in [0, 0.1) is 10.1 Å². The summed E-state index contributed by atoms with van der Waals surface area (Å²) < 4.78 is 0. The van der Waals surface area contributed by atoms with Crippen molar-refractivity contribution in [1.29, 1.82) is 0 Å². The summed E-state index contributed by atoms with van der Waals surface area (Å²) >= 11 is 0. The maximum absolute atomic E-state index is 10.4. The van der Waals surface area contributed by atoms with Crippen molar-refractivity contribution in [3.63, 3.8) is 0 Å². The van der Waals surface area contributed by atoms with Crippen LogP contribution in [0.2, 0.25) is 0 Å². The Bertz CT molecular complexity index is 350. The van der Waals surface area contributed by atoms with Gasteiger partial charge in [0.2, 0.25) is 6.29 Å². The standard InChI is InChI=1S/C9H9N2O4/c12-6-8(10-11(14)15)5-7-1-3-9(13)4-2-7/h1-4,8,10,13H,5H2/t8-/m0/s1. The van der Waals surface area contributed by atoms with Crippen LogP contribution in [0.3, 0.4) is 0 Å². The van der Waals surface area contributed by atoms with Crippen molar-refractivity contribution < 1.29 is 14.9 Å². The van der Waals surface area contributed by atoms with Crippen LogP contribution in [-0.2, 0) is 11.2 Å². The summed E-state index contributed by atoms with van der Waals surface area (Å²) in [6, 6.07) is 5.08. The molecule has 0 spiro atoms. The van der Waals surface area contributed by atoms with Gasteiger partial charge < -0.3 is 5.11 Å². The minimum atomic E-state index is -0.982. The molecule has 6 nitrogen and oxygen atoms in total. The molecule has 2 N–H and O–H groups in total. The van der Waals surface area contributed by atoms with Crippen molar-refractivity contribution in [2.45, 2.75) is 12.5 Å². The molecule has 0 aliphatic heterocycles. The number of hydrogen-bond acceptors (Lipinski definition) is 4. The third kappa shape index (κ3) is 3.63. The van der Waals surface area contributed by atoms with E-state index in [0.29, 0.717) is 5.56 Å². The summed E-state index contributed by atoms with van der Waals surface area (Å²) in [5.74, 6) is 0.104. The lowest BCUT2D eigenvalue weighted by molar-refractivity contribution is -0.547. The predicted octanol–water partition coefficient (Wildman–Crippen LogP) is 0.194. The Balaban J connectivity index is 2.62. The first kappa shape index (κ1) is 11.0. The van der Waals surface area contributed by atoms with Crippen LogP contribution in [0.1, 0.15) is 5.56 Å². The molecule has 15 heavy (non-hydrogen) atoms. The number of nitrogens with one attached hydrogen (secondary N) is 1. The number of aromatic hydroxyl groups is 1. The van der Waals surface area contributed by atoms with Crippen molar-refractivity contribution in [1.82, 2.24) is 5.43 Å². The largest absolute Gasteiger partial charge is 0.508 e. The summed E-state index contributed by atoms with van der Waals surface area (Å²) in [5, 5.41) is 18.3. The third-order valence-electron chi connectivity index (χ3n) is 1.78. The van der Waals surface area contributed by atoms with Crippen LogP contribution in [0.15, 0.2) is 24.3 Å². The highest BCUT2D eigenvalue weighted by atomic mass is 16.7. The van der Waals surface area contributed by atoms with Crippen molar-refractivity contribution in [2.75, 3.05) is 0 Å². The Morgan fingerprint density at radius 3 is 2.53 bits per heavy atom. The van der Waals surface area contributed by atoms with Gasteiger partial charge >= 0.3 is 0 Å². The van der Waals surface area contributed by atoms with Gasteiger partial charge in [-0.15, -0.1) is 5.43 Å². The van der Waals surface area contributed by atoms with Gasteiger partial charge in [-0.3, -0.25) is 4.79 Å². The molecule has 79 valence electrons. The Kier molecular flexibility index (Phi) is 3.61. The van der Waals surface area contributed by atoms with Crippen LogP contribution in [0.5, 0.6) is 5.75 Å². The van der Waals surface area contributed by atoms with E-state index in [4.69, 9.17) is 5.11 Å². The number of hydrazine groups is 1. The SMILES string of the molecule is O=[C][C@H](Cc1ccc(O)cc1)N[N+](=O)[O-]. The fourth-order valence-corrected chi connectivity index (χ4v) is 1.11. The zero-order valence-electron chi connectivity index (χ0n) is 7.71. The molecule has 1 aromatic rings. The molecule has 0 unspecified atom stereocenters. The van der Waals surface area contributed by atoms with Gasteiger partial charge in [-0.2, -0.15) is 0 Å². The normalized spacial score (nSPS) is 11.7. The molecule has 6 heteroatoms. The molecule has 0 aliphatic carbocycles. The molecule has 0 fully saturated rings. The molecule has 1 aromatic carbocycles. The predicted molar refractivity (Wildman–Crippen MR) is 51.4 cm³/mol. The van der Waals surface area contributed by atoms with Crippen molar-refractivity contribution in [3.8, 4) is 5.75 Å². The molecule has 0 bridgehead atoms. The Labute approximate surface area is 85.7 Å². The Morgan fingerprint density at radius 2 is 2.07 bits per heavy atom. The lowest BCUT2D eigenvalue weighted by atomic mass is 10.1. The number of nitrogens with zero attached hydrogens (tertiary/aromatic N) is 1. The molecular formula is C9H9N2O4. The molecule has 0 heterocycles. The summed E-state index contributed by atoms with van der Waals surface area (Å²) in [7, 11) is 0. The number of benzene rings is 1. The number of nitro groups is 1. The maximum Gasteiger partial charge on any atom is 0.229 e. The quantitative estimate of drug-likeness (QED) is 0.533. The van der Waals surface area contributed by atoms with Gasteiger partial charge in [0.15, 0.2) is 11.1 Å². The second kappa shape index (κ2) is 4.94. The summed E-state index contributed by atoms with van der Waals surface area (Å²) in [4.78, 5) is 20.5. The second-order valence-corrected chi connectivity index (χ2v) is 2.93. The molecule has 0 saturated heterocycles. The molecule has 0 aliphatic rings. The maximum atomic E-state index is 10.4. The fourth-order valence-electron chi connectivity index (χ4n) is 1.11. The average Bonchev–Trinajstić information content (AvgIpc) is 2.19. The van der Waals surface area contributed by atoms with E-state index >= 15 is 0 Å². The Morgan fingerprint density at radius 1 is 1.47 bits per heavy atom. The highest BCUT2D eigenvalue weighted by molar-refractivity contribution is 5.59. The highest BCUT2D eigenvalue weighted by Crippen LogP contribution is 2.10. The van der Waals surface area contributed by atoms with Crippen molar-refractivity contribution >= 4 is 6.29 Å². The summed E-state index contributed by atoms with van der Waals surface area (Å²) in [6.45, 7) is 0. The van der Waals surface area contributed by atoms with E-state index in [9.17, 15) is 14.9 Å². The van der Waals surface area contributed by atoms with Crippen molar-refractivity contribution in [3.05, 3.63) is 39.9 Å². The van der Waals surface area contributed by atoms with Gasteiger partial charge in [-0.1, -0.05) is 12.1 Å². The number of hydrogen-bond donors (Lipinski definition) is 2. The van der Waals surface area contributed by atoms with Crippen molar-refractivity contribution in [2.24, 2.45) is 0 Å². The number of phenolic OH excluding ortho intramolecular Hbond substituents is 1. The zero-order chi connectivity index (χ0) is 11.3. The fraction of sp³-hybridized carbons (Fsp3) is 0.222. The molecular weight excluding hydrogens is 200 g/mol. The van der Waals surface area contributed by atoms with Crippen LogP contribution < -0.4 is 5.43 Å². The average molecular weight is 209 g/mol. The lowest BCUT2D eigenvalue weighted by Gasteiger charge is -2.05. The lowest BCUT2D eigenvalue weighted by Crippen LogP contribution is -2.36. The highest BCUT2D eigenvalue weighted by Gasteiger charge is 2.13. The first-order valence-corrected chi connectivity index (χ1v) is 4.18. The van der Waals surface area contributed by atoms with Crippen LogP contribution in [0.4, 0.5) is 0 Å². The van der Waals surface area contributed by atoms with Gasteiger partial charge in [0.1, 0.15) is 5.75 Å². The first-order chi connectivity index (χ1) is 7.11. The van der Waals surface area contributed by atoms with Gasteiger partial charge in [0.25, 0.3) is 0 Å². The van der Waals surface area contributed by atoms with Gasteiger partial charge in [0.05, 0.1) is 0 Å². The van der Waals surface area contributed by atoms with E-state index in [2.05, 4.69) is 0 Å². The molecule has 1 radical (unpaired) electrons. The summed E-state index contributed by atoms with van der Waals surface area (Å²) in [5.41, 5.74) is 2.53. The topological polar surface area (TPSA) is 92.5 Å². The minimum Gasteiger partial charge on any atom is -0.508 e. The molecule has 0 aromatic heterocycles. The second-order valence-electron chi connectivity index (χ2n) is 2.93. The van der Waals surface area contributed by atoms with E-state index in [0.717, 1.165) is 0 Å². The minimum absolute atomic E-state index is 0.104. The van der Waals surface area contributed by atoms with Crippen LogP contribution in [-0.4, -0.2) is 22.5 Å². The molecule has 0 amide bonds. The Hall–Kier alpha value is -2.11. The van der Waals surface area contributed by atoms with E-state index < -0.39 is 11.1 Å². The van der Waals surface area contributed by atoms with Crippen LogP contribution >= 0.6 is 0 Å².